The first kappa shape index (κ1) is 25.3. The lowest BCUT2D eigenvalue weighted by atomic mass is 10.1. The average Bonchev–Trinajstić information content (AvgIpc) is 2.88. The van der Waals surface area contributed by atoms with Crippen LogP contribution in [-0.4, -0.2) is 28.4 Å². The number of esters is 1. The SMILES string of the molecule is CC(=NNC(=O)C(=O)Nc1ccc(CC#N)cc1)c1ccc(OC(=O)c2ccccc2[N+](=O)[O-])cc1. The van der Waals surface area contributed by atoms with E-state index >= 15 is 0 Å². The molecule has 3 rings (SSSR count). The van der Waals surface area contributed by atoms with E-state index in [2.05, 4.69) is 15.8 Å². The molecule has 0 radical (unpaired) electrons. The largest absolute Gasteiger partial charge is 0.423 e. The molecule has 36 heavy (non-hydrogen) atoms. The quantitative estimate of drug-likeness (QED) is 0.129. The molecule has 3 aromatic carbocycles. The molecular formula is C25H19N5O6. The molecule has 2 amide bonds. The van der Waals surface area contributed by atoms with E-state index in [0.717, 1.165) is 5.56 Å². The molecule has 3 aromatic rings. The van der Waals surface area contributed by atoms with Crippen molar-refractivity contribution in [2.24, 2.45) is 5.10 Å². The summed E-state index contributed by atoms with van der Waals surface area (Å²) < 4.78 is 5.21. The lowest BCUT2D eigenvalue weighted by Gasteiger charge is -2.07. The summed E-state index contributed by atoms with van der Waals surface area (Å²) in [4.78, 5) is 46.9. The number of para-hydroxylation sites is 1. The van der Waals surface area contributed by atoms with Crippen molar-refractivity contribution < 1.29 is 24.0 Å². The van der Waals surface area contributed by atoms with Gasteiger partial charge in [-0.2, -0.15) is 10.4 Å². The third kappa shape index (κ3) is 6.58. The molecule has 0 aliphatic rings. The van der Waals surface area contributed by atoms with E-state index in [1.54, 1.807) is 43.3 Å². The van der Waals surface area contributed by atoms with E-state index in [9.17, 15) is 24.5 Å². The highest BCUT2D eigenvalue weighted by atomic mass is 16.6. The maximum atomic E-state index is 12.3. The minimum absolute atomic E-state index is 0.152. The normalized spacial score (nSPS) is 10.6. The molecule has 180 valence electrons. The first-order chi connectivity index (χ1) is 17.3. The van der Waals surface area contributed by atoms with Crippen LogP contribution >= 0.6 is 0 Å². The first-order valence-electron chi connectivity index (χ1n) is 10.5. The summed E-state index contributed by atoms with van der Waals surface area (Å²) in [6.45, 7) is 1.60. The standard InChI is InChI=1S/C25H19N5O6/c1-16(28-29-24(32)23(31)27-19-10-6-17(7-11-19)14-15-26)18-8-12-20(13-9-18)36-25(33)21-4-2-3-5-22(21)30(34)35/h2-13H,14H2,1H3,(H,27,31)(H,29,32). The van der Waals surface area contributed by atoms with Crippen molar-refractivity contribution in [2.75, 3.05) is 5.32 Å². The Labute approximate surface area is 205 Å². The van der Waals surface area contributed by atoms with Crippen molar-refractivity contribution in [1.82, 2.24) is 5.43 Å². The molecule has 0 spiro atoms. The second-order valence-corrected chi connectivity index (χ2v) is 7.31. The molecule has 0 unspecified atom stereocenters. The Morgan fingerprint density at radius 2 is 1.67 bits per heavy atom. The van der Waals surface area contributed by atoms with Crippen molar-refractivity contribution in [3.63, 3.8) is 0 Å². The number of nitrogens with zero attached hydrogens (tertiary/aromatic N) is 3. The zero-order valence-corrected chi connectivity index (χ0v) is 18.9. The van der Waals surface area contributed by atoms with Crippen LogP contribution in [0.1, 0.15) is 28.4 Å². The summed E-state index contributed by atoms with van der Waals surface area (Å²) in [5.41, 5.74) is 3.73. The Morgan fingerprint density at radius 3 is 2.31 bits per heavy atom. The van der Waals surface area contributed by atoms with Crippen LogP contribution in [-0.2, 0) is 16.0 Å². The number of ether oxygens (including phenoxy) is 1. The Kier molecular flexibility index (Phi) is 8.18. The smallest absolute Gasteiger partial charge is 0.350 e. The van der Waals surface area contributed by atoms with Gasteiger partial charge >= 0.3 is 17.8 Å². The first-order valence-corrected chi connectivity index (χ1v) is 10.5. The summed E-state index contributed by atoms with van der Waals surface area (Å²) in [6, 6.07) is 20.0. The molecule has 0 bridgehead atoms. The topological polar surface area (TPSA) is 164 Å². The van der Waals surface area contributed by atoms with E-state index in [4.69, 9.17) is 10.00 Å². The number of hydrazone groups is 1. The lowest BCUT2D eigenvalue weighted by molar-refractivity contribution is -0.385. The summed E-state index contributed by atoms with van der Waals surface area (Å²) >= 11 is 0. The fourth-order valence-corrected chi connectivity index (χ4v) is 2.97. The van der Waals surface area contributed by atoms with E-state index in [-0.39, 0.29) is 23.4 Å². The molecule has 0 saturated heterocycles. The van der Waals surface area contributed by atoms with Crippen molar-refractivity contribution in [1.29, 1.82) is 5.26 Å². The van der Waals surface area contributed by atoms with Crippen LogP contribution in [0.25, 0.3) is 0 Å². The molecule has 0 heterocycles. The number of carbonyl (C=O) groups excluding carboxylic acids is 3. The van der Waals surface area contributed by atoms with Gasteiger partial charge in [-0.25, -0.2) is 10.2 Å². The van der Waals surface area contributed by atoms with Gasteiger partial charge in [-0.05, 0) is 60.5 Å². The Morgan fingerprint density at radius 1 is 1.00 bits per heavy atom. The predicted octanol–water partition coefficient (Wildman–Crippen LogP) is 3.36. The molecule has 0 atom stereocenters. The van der Waals surface area contributed by atoms with E-state index < -0.39 is 22.7 Å². The maximum Gasteiger partial charge on any atom is 0.350 e. The number of rotatable bonds is 7. The van der Waals surface area contributed by atoms with Crippen molar-refractivity contribution >= 4 is 34.9 Å². The lowest BCUT2D eigenvalue weighted by Crippen LogP contribution is -2.32. The number of nitro benzene ring substituents is 1. The fraction of sp³-hybridized carbons (Fsp3) is 0.0800. The van der Waals surface area contributed by atoms with E-state index in [1.165, 1.54) is 36.4 Å². The molecular weight excluding hydrogens is 466 g/mol. The van der Waals surface area contributed by atoms with Crippen molar-refractivity contribution in [3.8, 4) is 11.8 Å². The zero-order chi connectivity index (χ0) is 26.1. The third-order valence-corrected chi connectivity index (χ3v) is 4.83. The summed E-state index contributed by atoms with van der Waals surface area (Å²) in [6.07, 6.45) is 0.238. The summed E-state index contributed by atoms with van der Waals surface area (Å²) in [5, 5.41) is 26.1. The molecule has 0 aliphatic carbocycles. The van der Waals surface area contributed by atoms with Gasteiger partial charge in [-0.15, -0.1) is 0 Å². The van der Waals surface area contributed by atoms with E-state index in [0.29, 0.717) is 17.0 Å². The third-order valence-electron chi connectivity index (χ3n) is 4.83. The minimum atomic E-state index is -0.981. The number of benzene rings is 3. The van der Waals surface area contributed by atoms with Crippen LogP contribution < -0.4 is 15.5 Å². The molecule has 0 aliphatic heterocycles. The fourth-order valence-electron chi connectivity index (χ4n) is 2.97. The van der Waals surface area contributed by atoms with Gasteiger partial charge in [-0.1, -0.05) is 24.3 Å². The number of amides is 2. The van der Waals surface area contributed by atoms with Gasteiger partial charge in [0.15, 0.2) is 0 Å². The summed E-state index contributed by atoms with van der Waals surface area (Å²) in [7, 11) is 0. The number of hydrogen-bond donors (Lipinski definition) is 2. The second-order valence-electron chi connectivity index (χ2n) is 7.31. The monoisotopic (exact) mass is 485 g/mol. The maximum absolute atomic E-state index is 12.3. The van der Waals surface area contributed by atoms with Gasteiger partial charge in [0.1, 0.15) is 11.3 Å². The predicted molar refractivity (Wildman–Crippen MR) is 129 cm³/mol. The molecule has 11 nitrogen and oxygen atoms in total. The van der Waals surface area contributed by atoms with Crippen molar-refractivity contribution in [3.05, 3.63) is 99.6 Å². The number of hydrogen-bond acceptors (Lipinski definition) is 8. The van der Waals surface area contributed by atoms with Crippen LogP contribution in [0.4, 0.5) is 11.4 Å². The van der Waals surface area contributed by atoms with E-state index in [1.807, 2.05) is 6.07 Å². The Bertz CT molecular complexity index is 1380. The van der Waals surface area contributed by atoms with Gasteiger partial charge in [0.2, 0.25) is 0 Å². The van der Waals surface area contributed by atoms with Crippen LogP contribution in [0.3, 0.4) is 0 Å². The molecule has 0 aromatic heterocycles. The number of nitriles is 1. The number of nitrogens with one attached hydrogen (secondary N) is 2. The number of carbonyl (C=O) groups is 3. The minimum Gasteiger partial charge on any atom is -0.423 e. The molecule has 11 heteroatoms. The number of anilines is 1. The van der Waals surface area contributed by atoms with Crippen LogP contribution in [0.15, 0.2) is 77.9 Å². The number of nitro groups is 1. The Balaban J connectivity index is 1.58. The van der Waals surface area contributed by atoms with Crippen LogP contribution in [0, 0.1) is 21.4 Å². The van der Waals surface area contributed by atoms with Gasteiger partial charge in [0, 0.05) is 11.8 Å². The molecule has 0 saturated carbocycles. The second kappa shape index (κ2) is 11.7. The van der Waals surface area contributed by atoms with Crippen molar-refractivity contribution in [2.45, 2.75) is 13.3 Å². The van der Waals surface area contributed by atoms with Gasteiger partial charge in [0.05, 0.1) is 23.1 Å². The zero-order valence-electron chi connectivity index (χ0n) is 18.9. The average molecular weight is 485 g/mol. The van der Waals surface area contributed by atoms with Gasteiger partial charge in [-0.3, -0.25) is 19.7 Å². The van der Waals surface area contributed by atoms with Crippen LogP contribution in [0.2, 0.25) is 0 Å². The van der Waals surface area contributed by atoms with Gasteiger partial charge in [0.25, 0.3) is 5.69 Å². The molecule has 0 fully saturated rings. The molecule has 2 N–H and O–H groups in total. The Hall–Kier alpha value is -5.37. The highest BCUT2D eigenvalue weighted by Crippen LogP contribution is 2.21. The highest BCUT2D eigenvalue weighted by molar-refractivity contribution is 6.39. The summed E-state index contributed by atoms with van der Waals surface area (Å²) in [5.74, 6) is -2.63. The van der Waals surface area contributed by atoms with Crippen LogP contribution in [0.5, 0.6) is 5.75 Å². The highest BCUT2D eigenvalue weighted by Gasteiger charge is 2.21. The van der Waals surface area contributed by atoms with Gasteiger partial charge < -0.3 is 10.1 Å².